The largest absolute Gasteiger partial charge is 0.271 e. The summed E-state index contributed by atoms with van der Waals surface area (Å²) in [6.07, 6.45) is 4.63. The zero-order valence-electron chi connectivity index (χ0n) is 9.47. The lowest BCUT2D eigenvalue weighted by Gasteiger charge is -2.17. The van der Waals surface area contributed by atoms with Gasteiger partial charge in [-0.05, 0) is 24.1 Å². The molecule has 0 saturated heterocycles. The normalized spacial score (nSPS) is 12.8. The van der Waals surface area contributed by atoms with Gasteiger partial charge in [0.25, 0.3) is 0 Å². The van der Waals surface area contributed by atoms with Crippen LogP contribution in [0.4, 0.5) is 0 Å². The third kappa shape index (κ3) is 4.06. The fourth-order valence-corrected chi connectivity index (χ4v) is 2.52. The fourth-order valence-electron chi connectivity index (χ4n) is 1.71. The lowest BCUT2D eigenvalue weighted by Crippen LogP contribution is -2.28. The first-order valence-electron chi connectivity index (χ1n) is 5.60. The minimum atomic E-state index is 0.146. The highest BCUT2D eigenvalue weighted by Gasteiger charge is 2.12. The predicted octanol–water partition coefficient (Wildman–Crippen LogP) is 4.19. The van der Waals surface area contributed by atoms with Gasteiger partial charge in [-0.3, -0.25) is 11.3 Å². The molecule has 1 unspecified atom stereocenters. The Hall–Kier alpha value is -0.0900. The molecule has 90 valence electrons. The van der Waals surface area contributed by atoms with Crippen molar-refractivity contribution >= 4 is 27.5 Å². The van der Waals surface area contributed by atoms with Gasteiger partial charge in [0.2, 0.25) is 0 Å². The Balaban J connectivity index is 2.70. The zero-order chi connectivity index (χ0) is 12.0. The van der Waals surface area contributed by atoms with Crippen LogP contribution in [0.3, 0.4) is 0 Å². The van der Waals surface area contributed by atoms with E-state index in [1.54, 1.807) is 0 Å². The summed E-state index contributed by atoms with van der Waals surface area (Å²) in [7, 11) is 0. The smallest absolute Gasteiger partial charge is 0.0474 e. The van der Waals surface area contributed by atoms with Crippen molar-refractivity contribution in [2.45, 2.75) is 38.6 Å². The molecule has 0 aliphatic heterocycles. The molecule has 3 N–H and O–H groups in total. The average Bonchev–Trinajstić information content (AvgIpc) is 2.26. The quantitative estimate of drug-likeness (QED) is 0.470. The van der Waals surface area contributed by atoms with Crippen molar-refractivity contribution < 1.29 is 0 Å². The van der Waals surface area contributed by atoms with Gasteiger partial charge in [-0.25, -0.2) is 0 Å². The molecule has 2 nitrogen and oxygen atoms in total. The summed E-state index contributed by atoms with van der Waals surface area (Å²) >= 11 is 9.59. The number of hydrogen-bond donors (Lipinski definition) is 2. The van der Waals surface area contributed by atoms with Crippen LogP contribution in [0.1, 0.15) is 44.2 Å². The van der Waals surface area contributed by atoms with Crippen LogP contribution < -0.4 is 11.3 Å². The Morgan fingerprint density at radius 2 is 2.19 bits per heavy atom. The van der Waals surface area contributed by atoms with Crippen molar-refractivity contribution in [3.8, 4) is 0 Å². The lowest BCUT2D eigenvalue weighted by atomic mass is 10.0. The van der Waals surface area contributed by atoms with Crippen molar-refractivity contribution in [1.29, 1.82) is 0 Å². The maximum atomic E-state index is 6.19. The molecule has 1 aromatic rings. The number of unbranched alkanes of at least 4 members (excludes halogenated alkanes) is 2. The van der Waals surface area contributed by atoms with Crippen LogP contribution in [0.2, 0.25) is 5.02 Å². The molecule has 4 heteroatoms. The first-order valence-corrected chi connectivity index (χ1v) is 6.77. The van der Waals surface area contributed by atoms with Crippen molar-refractivity contribution in [3.63, 3.8) is 0 Å². The Labute approximate surface area is 111 Å². The van der Waals surface area contributed by atoms with Gasteiger partial charge in [-0.2, -0.15) is 0 Å². The molecule has 0 bridgehead atoms. The van der Waals surface area contributed by atoms with Crippen LogP contribution in [-0.2, 0) is 0 Å². The minimum Gasteiger partial charge on any atom is -0.271 e. The molecular formula is C12H18BrClN2. The lowest BCUT2D eigenvalue weighted by molar-refractivity contribution is 0.487. The molecule has 1 atom stereocenters. The van der Waals surface area contributed by atoms with Gasteiger partial charge in [0, 0.05) is 15.5 Å². The molecule has 16 heavy (non-hydrogen) atoms. The van der Waals surface area contributed by atoms with Crippen molar-refractivity contribution in [3.05, 3.63) is 33.3 Å². The van der Waals surface area contributed by atoms with Gasteiger partial charge in [-0.15, -0.1) is 0 Å². The first kappa shape index (κ1) is 14.0. The molecule has 0 aliphatic carbocycles. The average molecular weight is 306 g/mol. The second kappa shape index (κ2) is 7.28. The predicted molar refractivity (Wildman–Crippen MR) is 73.4 cm³/mol. The monoisotopic (exact) mass is 304 g/mol. The molecule has 1 rings (SSSR count). The number of nitrogens with one attached hydrogen (secondary N) is 1. The summed E-state index contributed by atoms with van der Waals surface area (Å²) in [4.78, 5) is 0. The van der Waals surface area contributed by atoms with Gasteiger partial charge in [0.15, 0.2) is 0 Å². The SMILES string of the molecule is CCCCCC(NN)c1ccc(Br)cc1Cl. The topological polar surface area (TPSA) is 38.0 Å². The first-order chi connectivity index (χ1) is 7.69. The van der Waals surface area contributed by atoms with E-state index in [0.717, 1.165) is 27.9 Å². The molecule has 1 aromatic carbocycles. The van der Waals surface area contributed by atoms with Crippen LogP contribution >= 0.6 is 27.5 Å². The maximum Gasteiger partial charge on any atom is 0.0474 e. The van der Waals surface area contributed by atoms with E-state index in [2.05, 4.69) is 28.3 Å². The highest BCUT2D eigenvalue weighted by Crippen LogP contribution is 2.28. The van der Waals surface area contributed by atoms with Crippen LogP contribution in [0.25, 0.3) is 0 Å². The summed E-state index contributed by atoms with van der Waals surface area (Å²) in [5.74, 6) is 5.57. The number of hydrazine groups is 1. The van der Waals surface area contributed by atoms with E-state index in [0.29, 0.717) is 0 Å². The molecule has 0 radical (unpaired) electrons. The van der Waals surface area contributed by atoms with Gasteiger partial charge in [-0.1, -0.05) is 59.8 Å². The second-order valence-electron chi connectivity index (χ2n) is 3.88. The summed E-state index contributed by atoms with van der Waals surface area (Å²) in [5.41, 5.74) is 3.91. The van der Waals surface area contributed by atoms with Crippen molar-refractivity contribution in [2.24, 2.45) is 5.84 Å². The molecule has 0 aromatic heterocycles. The zero-order valence-corrected chi connectivity index (χ0v) is 11.8. The summed E-state index contributed by atoms with van der Waals surface area (Å²) < 4.78 is 0.991. The fraction of sp³-hybridized carbons (Fsp3) is 0.500. The number of hydrogen-bond acceptors (Lipinski definition) is 2. The van der Waals surface area contributed by atoms with Crippen LogP contribution in [0.5, 0.6) is 0 Å². The van der Waals surface area contributed by atoms with E-state index >= 15 is 0 Å². The van der Waals surface area contributed by atoms with E-state index in [-0.39, 0.29) is 6.04 Å². The number of nitrogens with two attached hydrogens (primary N) is 1. The standard InChI is InChI=1S/C12H18BrClN2/c1-2-3-4-5-12(16-15)10-7-6-9(13)8-11(10)14/h6-8,12,16H,2-5,15H2,1H3. The highest BCUT2D eigenvalue weighted by atomic mass is 79.9. The number of benzene rings is 1. The van der Waals surface area contributed by atoms with E-state index in [4.69, 9.17) is 17.4 Å². The van der Waals surface area contributed by atoms with Gasteiger partial charge < -0.3 is 0 Å². The molecule has 0 aliphatic rings. The van der Waals surface area contributed by atoms with E-state index in [1.807, 2.05) is 18.2 Å². The summed E-state index contributed by atoms with van der Waals surface area (Å²) in [6, 6.07) is 6.06. The summed E-state index contributed by atoms with van der Waals surface area (Å²) in [5, 5.41) is 0.758. The Morgan fingerprint density at radius 1 is 1.44 bits per heavy atom. The van der Waals surface area contributed by atoms with Gasteiger partial charge >= 0.3 is 0 Å². The van der Waals surface area contributed by atoms with Gasteiger partial charge in [0.1, 0.15) is 0 Å². The molecule has 0 heterocycles. The Kier molecular flexibility index (Phi) is 6.36. The number of halogens is 2. The van der Waals surface area contributed by atoms with E-state index < -0.39 is 0 Å². The third-order valence-corrected chi connectivity index (χ3v) is 3.46. The maximum absolute atomic E-state index is 6.19. The van der Waals surface area contributed by atoms with Crippen molar-refractivity contribution in [2.75, 3.05) is 0 Å². The van der Waals surface area contributed by atoms with Crippen LogP contribution in [-0.4, -0.2) is 0 Å². The molecular weight excluding hydrogens is 288 g/mol. The minimum absolute atomic E-state index is 0.146. The summed E-state index contributed by atoms with van der Waals surface area (Å²) in [6.45, 7) is 2.19. The van der Waals surface area contributed by atoms with Crippen LogP contribution in [0.15, 0.2) is 22.7 Å². The Bertz CT molecular complexity index is 331. The Morgan fingerprint density at radius 3 is 2.75 bits per heavy atom. The third-order valence-electron chi connectivity index (χ3n) is 2.64. The van der Waals surface area contributed by atoms with E-state index in [9.17, 15) is 0 Å². The number of rotatable bonds is 6. The van der Waals surface area contributed by atoms with Crippen LogP contribution in [0, 0.1) is 0 Å². The molecule has 0 amide bonds. The highest BCUT2D eigenvalue weighted by molar-refractivity contribution is 9.10. The van der Waals surface area contributed by atoms with Gasteiger partial charge in [0.05, 0.1) is 0 Å². The van der Waals surface area contributed by atoms with Crippen molar-refractivity contribution in [1.82, 2.24) is 5.43 Å². The molecule has 0 spiro atoms. The molecule has 0 saturated carbocycles. The molecule has 0 fully saturated rings. The van der Waals surface area contributed by atoms with E-state index in [1.165, 1.54) is 12.8 Å². The second-order valence-corrected chi connectivity index (χ2v) is 5.20.